The Morgan fingerprint density at radius 1 is 1.45 bits per heavy atom. The first-order valence-electron chi connectivity index (χ1n) is 6.28. The van der Waals surface area contributed by atoms with Crippen molar-refractivity contribution in [2.75, 3.05) is 5.32 Å². The minimum absolute atomic E-state index is 0.00383. The van der Waals surface area contributed by atoms with Crippen molar-refractivity contribution in [3.63, 3.8) is 0 Å². The van der Waals surface area contributed by atoms with Gasteiger partial charge >= 0.3 is 5.97 Å². The molecule has 0 fully saturated rings. The van der Waals surface area contributed by atoms with Crippen LogP contribution in [-0.4, -0.2) is 26.5 Å². The number of amides is 1. The summed E-state index contributed by atoms with van der Waals surface area (Å²) < 4.78 is 1.75. The van der Waals surface area contributed by atoms with Crippen LogP contribution >= 0.6 is 0 Å². The van der Waals surface area contributed by atoms with Crippen molar-refractivity contribution in [1.29, 1.82) is 0 Å². The summed E-state index contributed by atoms with van der Waals surface area (Å²) in [5.74, 6) is -0.827. The minimum Gasteiger partial charge on any atom is -0.481 e. The number of aliphatic carboxylic acids is 1. The van der Waals surface area contributed by atoms with Crippen LogP contribution in [0.3, 0.4) is 0 Å². The van der Waals surface area contributed by atoms with Crippen LogP contribution in [-0.2, 0) is 22.6 Å². The van der Waals surface area contributed by atoms with Gasteiger partial charge in [-0.2, -0.15) is 0 Å². The number of nitrogens with one attached hydrogen (secondary N) is 1. The molecule has 0 unspecified atom stereocenters. The fraction of sp³-hybridized carbons (Fsp3) is 0.214. The van der Waals surface area contributed by atoms with Gasteiger partial charge in [0.2, 0.25) is 5.91 Å². The molecule has 0 saturated heterocycles. The quantitative estimate of drug-likeness (QED) is 0.883. The van der Waals surface area contributed by atoms with Gasteiger partial charge in [0.05, 0.1) is 24.9 Å². The van der Waals surface area contributed by atoms with Gasteiger partial charge < -0.3 is 15.0 Å². The monoisotopic (exact) mass is 271 g/mol. The van der Waals surface area contributed by atoms with E-state index in [-0.39, 0.29) is 12.3 Å². The number of hydrogen-bond donors (Lipinski definition) is 2. The van der Waals surface area contributed by atoms with Gasteiger partial charge in [-0.05, 0) is 17.7 Å². The third-order valence-electron chi connectivity index (χ3n) is 3.24. The topological polar surface area (TPSA) is 84.2 Å². The van der Waals surface area contributed by atoms with Gasteiger partial charge in [0.25, 0.3) is 0 Å². The van der Waals surface area contributed by atoms with Crippen LogP contribution in [0.2, 0.25) is 0 Å². The van der Waals surface area contributed by atoms with E-state index in [4.69, 9.17) is 5.11 Å². The van der Waals surface area contributed by atoms with Crippen molar-refractivity contribution < 1.29 is 14.7 Å². The molecule has 2 aromatic rings. The molecule has 1 amide bonds. The number of aromatic nitrogens is 2. The number of carbonyl (C=O) groups excluding carboxylic acids is 1. The molecule has 2 N–H and O–H groups in total. The van der Waals surface area contributed by atoms with Crippen LogP contribution in [0.5, 0.6) is 0 Å². The lowest BCUT2D eigenvalue weighted by Gasteiger charge is -2.01. The molecule has 2 heterocycles. The van der Waals surface area contributed by atoms with Gasteiger partial charge in [0.15, 0.2) is 0 Å². The lowest BCUT2D eigenvalue weighted by Crippen LogP contribution is -2.03. The number of fused-ring (bicyclic) bond motifs is 1. The second-order valence-corrected chi connectivity index (χ2v) is 4.74. The molecular weight excluding hydrogens is 258 g/mol. The van der Waals surface area contributed by atoms with Gasteiger partial charge in [0.1, 0.15) is 0 Å². The van der Waals surface area contributed by atoms with Crippen LogP contribution in [0.4, 0.5) is 5.69 Å². The zero-order valence-electron chi connectivity index (χ0n) is 10.7. The molecule has 1 aliphatic rings. The number of rotatable bonds is 4. The van der Waals surface area contributed by atoms with Crippen molar-refractivity contribution >= 4 is 17.6 Å². The summed E-state index contributed by atoms with van der Waals surface area (Å²) in [6.45, 7) is 0.396. The molecule has 0 bridgehead atoms. The van der Waals surface area contributed by atoms with Gasteiger partial charge in [0, 0.05) is 24.0 Å². The highest BCUT2D eigenvalue weighted by Crippen LogP contribution is 2.28. The molecule has 0 spiro atoms. The average molecular weight is 271 g/mol. The summed E-state index contributed by atoms with van der Waals surface area (Å²) in [7, 11) is 0. The number of benzene rings is 1. The zero-order valence-corrected chi connectivity index (χ0v) is 10.7. The summed E-state index contributed by atoms with van der Waals surface area (Å²) >= 11 is 0. The van der Waals surface area contributed by atoms with E-state index in [0.717, 1.165) is 22.5 Å². The fourth-order valence-electron chi connectivity index (χ4n) is 2.24. The lowest BCUT2D eigenvalue weighted by atomic mass is 10.1. The maximum absolute atomic E-state index is 11.3. The van der Waals surface area contributed by atoms with Gasteiger partial charge in [-0.3, -0.25) is 9.59 Å². The highest BCUT2D eigenvalue weighted by atomic mass is 16.4. The number of carboxylic acids is 1. The molecule has 0 atom stereocenters. The van der Waals surface area contributed by atoms with E-state index >= 15 is 0 Å². The zero-order chi connectivity index (χ0) is 14.1. The molecule has 1 aromatic carbocycles. The second-order valence-electron chi connectivity index (χ2n) is 4.74. The number of anilines is 1. The molecule has 1 aliphatic heterocycles. The van der Waals surface area contributed by atoms with E-state index in [2.05, 4.69) is 10.3 Å². The third-order valence-corrected chi connectivity index (χ3v) is 3.24. The van der Waals surface area contributed by atoms with Crippen LogP contribution < -0.4 is 5.32 Å². The molecule has 1 aromatic heterocycles. The first-order valence-corrected chi connectivity index (χ1v) is 6.28. The smallest absolute Gasteiger partial charge is 0.305 e. The van der Waals surface area contributed by atoms with E-state index in [1.54, 1.807) is 10.9 Å². The second kappa shape index (κ2) is 4.80. The normalized spacial score (nSPS) is 13.1. The Balaban J connectivity index is 1.81. The Kier molecular flexibility index (Phi) is 2.98. The molecule has 6 nitrogen and oxygen atoms in total. The van der Waals surface area contributed by atoms with E-state index in [1.807, 2.05) is 24.4 Å². The predicted octanol–water partition coefficient (Wildman–Crippen LogP) is 1.52. The number of nitrogens with zero attached hydrogens (tertiary/aromatic N) is 2. The minimum atomic E-state index is -0.831. The van der Waals surface area contributed by atoms with Crippen LogP contribution in [0.1, 0.15) is 12.0 Å². The number of carboxylic acid groups (broad SMARTS) is 1. The van der Waals surface area contributed by atoms with Crippen molar-refractivity contribution in [2.45, 2.75) is 19.4 Å². The van der Waals surface area contributed by atoms with Gasteiger partial charge in [-0.15, -0.1) is 0 Å². The summed E-state index contributed by atoms with van der Waals surface area (Å²) in [5, 5.41) is 11.4. The molecule has 6 heteroatoms. The number of hydrogen-bond acceptors (Lipinski definition) is 3. The number of carbonyl (C=O) groups is 2. The molecule has 0 saturated carbocycles. The number of imidazole rings is 1. The first-order chi connectivity index (χ1) is 9.61. The molecule has 0 aliphatic carbocycles. The lowest BCUT2D eigenvalue weighted by molar-refractivity contribution is -0.137. The van der Waals surface area contributed by atoms with Crippen LogP contribution in [0.15, 0.2) is 30.7 Å². The molecule has 102 valence electrons. The van der Waals surface area contributed by atoms with Gasteiger partial charge in [-0.25, -0.2) is 4.98 Å². The first kappa shape index (κ1) is 12.4. The summed E-state index contributed by atoms with van der Waals surface area (Å²) in [4.78, 5) is 26.1. The SMILES string of the molecule is O=C(O)CCn1cnc(-c2ccc3c(c2)CC(=O)N3)c1. The fourth-order valence-corrected chi connectivity index (χ4v) is 2.24. The van der Waals surface area contributed by atoms with E-state index in [9.17, 15) is 9.59 Å². The predicted molar refractivity (Wildman–Crippen MR) is 72.2 cm³/mol. The van der Waals surface area contributed by atoms with Crippen molar-refractivity contribution in [3.8, 4) is 11.3 Å². The van der Waals surface area contributed by atoms with Crippen molar-refractivity contribution in [3.05, 3.63) is 36.3 Å². The highest BCUT2D eigenvalue weighted by molar-refractivity contribution is 5.99. The van der Waals surface area contributed by atoms with Crippen LogP contribution in [0.25, 0.3) is 11.3 Å². The van der Waals surface area contributed by atoms with Crippen molar-refractivity contribution in [1.82, 2.24) is 9.55 Å². The Morgan fingerprint density at radius 2 is 2.30 bits per heavy atom. The van der Waals surface area contributed by atoms with E-state index < -0.39 is 5.97 Å². The van der Waals surface area contributed by atoms with Crippen molar-refractivity contribution in [2.24, 2.45) is 0 Å². The summed E-state index contributed by atoms with van der Waals surface area (Å²) in [5.41, 5.74) is 3.52. The standard InChI is InChI=1S/C14H13N3O3/c18-13-6-10-5-9(1-2-11(10)16-13)12-7-17(8-15-12)4-3-14(19)20/h1-2,5,7-8H,3-4,6H2,(H,16,18)(H,19,20). The Morgan fingerprint density at radius 3 is 3.10 bits per heavy atom. The maximum Gasteiger partial charge on any atom is 0.305 e. The molecular formula is C14H13N3O3. The van der Waals surface area contributed by atoms with E-state index in [0.29, 0.717) is 13.0 Å². The maximum atomic E-state index is 11.3. The highest BCUT2D eigenvalue weighted by Gasteiger charge is 2.18. The number of aryl methyl sites for hydroxylation is 1. The van der Waals surface area contributed by atoms with Crippen LogP contribution in [0, 0.1) is 0 Å². The Bertz CT molecular complexity index is 691. The molecule has 20 heavy (non-hydrogen) atoms. The Labute approximate surface area is 115 Å². The third kappa shape index (κ3) is 2.40. The molecule has 3 rings (SSSR count). The van der Waals surface area contributed by atoms with Gasteiger partial charge in [-0.1, -0.05) is 6.07 Å². The van der Waals surface area contributed by atoms with E-state index in [1.165, 1.54) is 0 Å². The largest absolute Gasteiger partial charge is 0.481 e. The average Bonchev–Trinajstić information content (AvgIpc) is 3.00. The molecule has 0 radical (unpaired) electrons. The summed E-state index contributed by atoms with van der Waals surface area (Å²) in [6.07, 6.45) is 3.89. The Hall–Kier alpha value is -2.63. The summed E-state index contributed by atoms with van der Waals surface area (Å²) in [6, 6.07) is 5.71.